The Morgan fingerprint density at radius 2 is 1.89 bits per heavy atom. The van der Waals surface area contributed by atoms with Gasteiger partial charge >= 0.3 is 0 Å². The Kier molecular flexibility index (Phi) is 6.40. The fourth-order valence-electron chi connectivity index (χ4n) is 1.91. The van der Waals surface area contributed by atoms with Crippen LogP contribution in [0.1, 0.15) is 40.0 Å². The molecule has 1 N–H and O–H groups in total. The molecule has 0 atom stereocenters. The maximum absolute atomic E-state index is 11.7. The van der Waals surface area contributed by atoms with E-state index in [0.29, 0.717) is 12.3 Å². The highest BCUT2D eigenvalue weighted by atomic mass is 16.1. The lowest BCUT2D eigenvalue weighted by atomic mass is 10.1. The summed E-state index contributed by atoms with van der Waals surface area (Å²) >= 11 is 0. The first-order valence-electron chi connectivity index (χ1n) is 7.14. The summed E-state index contributed by atoms with van der Waals surface area (Å²) in [5, 5.41) is 2.93. The first-order chi connectivity index (χ1) is 9.02. The number of rotatable bonds is 7. The van der Waals surface area contributed by atoms with Gasteiger partial charge in [0.1, 0.15) is 0 Å². The molecule has 0 saturated carbocycles. The molecule has 3 heteroatoms. The molecule has 1 amide bonds. The molecule has 0 saturated heterocycles. The van der Waals surface area contributed by atoms with Gasteiger partial charge in [-0.15, -0.1) is 0 Å². The van der Waals surface area contributed by atoms with Crippen LogP contribution in [0.25, 0.3) is 0 Å². The fraction of sp³-hybridized carbons (Fsp3) is 0.562. The Morgan fingerprint density at radius 3 is 2.42 bits per heavy atom. The molecule has 0 fully saturated rings. The molecule has 1 rings (SSSR count). The fourth-order valence-corrected chi connectivity index (χ4v) is 1.91. The summed E-state index contributed by atoms with van der Waals surface area (Å²) in [6.45, 7) is 7.35. The molecule has 0 aromatic heterocycles. The molecule has 0 aliphatic carbocycles. The minimum atomic E-state index is 0.0853. The van der Waals surface area contributed by atoms with Crippen LogP contribution in [-0.4, -0.2) is 19.5 Å². The molecular weight excluding hydrogens is 236 g/mol. The molecule has 0 aliphatic rings. The van der Waals surface area contributed by atoms with Crippen molar-refractivity contribution in [2.45, 2.75) is 40.0 Å². The normalized spacial score (nSPS) is 10.6. The number of hydrogen-bond donors (Lipinski definition) is 1. The van der Waals surface area contributed by atoms with E-state index in [4.69, 9.17) is 0 Å². The molecule has 0 unspecified atom stereocenters. The zero-order valence-corrected chi connectivity index (χ0v) is 12.6. The summed E-state index contributed by atoms with van der Waals surface area (Å²) < 4.78 is 0. The van der Waals surface area contributed by atoms with Gasteiger partial charge in [0, 0.05) is 31.4 Å². The summed E-state index contributed by atoms with van der Waals surface area (Å²) in [6, 6.07) is 8.05. The second-order valence-electron chi connectivity index (χ2n) is 5.47. The number of unbranched alkanes of at least 4 members (excludes halogenated alkanes) is 1. The van der Waals surface area contributed by atoms with Crippen molar-refractivity contribution in [3.8, 4) is 0 Å². The van der Waals surface area contributed by atoms with Gasteiger partial charge in [0.2, 0.25) is 5.91 Å². The molecule has 0 radical (unpaired) electrons. The zero-order valence-electron chi connectivity index (χ0n) is 12.6. The summed E-state index contributed by atoms with van der Waals surface area (Å²) in [5.41, 5.74) is 2.06. The molecule has 0 spiro atoms. The highest BCUT2D eigenvalue weighted by Gasteiger charge is 2.05. The quantitative estimate of drug-likeness (QED) is 0.808. The maximum Gasteiger partial charge on any atom is 0.224 e. The average Bonchev–Trinajstić information content (AvgIpc) is 2.35. The monoisotopic (exact) mass is 262 g/mol. The Morgan fingerprint density at radius 1 is 1.26 bits per heavy atom. The van der Waals surface area contributed by atoms with Crippen molar-refractivity contribution in [3.05, 3.63) is 24.3 Å². The van der Waals surface area contributed by atoms with Crippen LogP contribution in [0.2, 0.25) is 0 Å². The second kappa shape index (κ2) is 7.82. The maximum atomic E-state index is 11.7. The lowest BCUT2D eigenvalue weighted by Crippen LogP contribution is -2.18. The zero-order chi connectivity index (χ0) is 14.3. The van der Waals surface area contributed by atoms with Crippen LogP contribution in [0.5, 0.6) is 0 Å². The van der Waals surface area contributed by atoms with Gasteiger partial charge in [0.25, 0.3) is 0 Å². The van der Waals surface area contributed by atoms with E-state index in [1.165, 1.54) is 18.5 Å². The van der Waals surface area contributed by atoms with Crippen LogP contribution in [0.3, 0.4) is 0 Å². The van der Waals surface area contributed by atoms with Crippen LogP contribution < -0.4 is 10.2 Å². The number of benzene rings is 1. The van der Waals surface area contributed by atoms with Crippen molar-refractivity contribution < 1.29 is 4.79 Å². The third kappa shape index (κ3) is 5.77. The average molecular weight is 262 g/mol. The lowest BCUT2D eigenvalue weighted by molar-refractivity contribution is -0.116. The smallest absolute Gasteiger partial charge is 0.224 e. The van der Waals surface area contributed by atoms with E-state index in [0.717, 1.165) is 12.2 Å². The van der Waals surface area contributed by atoms with E-state index >= 15 is 0 Å². The summed E-state index contributed by atoms with van der Waals surface area (Å²) in [5.74, 6) is 0.474. The third-order valence-corrected chi connectivity index (χ3v) is 3.03. The van der Waals surface area contributed by atoms with Crippen molar-refractivity contribution in [3.63, 3.8) is 0 Å². The first kappa shape index (κ1) is 15.5. The molecule has 1 aromatic carbocycles. The number of anilines is 2. The molecule has 0 bridgehead atoms. The van der Waals surface area contributed by atoms with Crippen molar-refractivity contribution in [2.75, 3.05) is 23.8 Å². The first-order valence-corrected chi connectivity index (χ1v) is 7.14. The molecule has 19 heavy (non-hydrogen) atoms. The van der Waals surface area contributed by atoms with Gasteiger partial charge in [-0.25, -0.2) is 0 Å². The Bertz CT molecular complexity index is 384. The summed E-state index contributed by atoms with van der Waals surface area (Å²) in [4.78, 5) is 13.9. The molecule has 1 aromatic rings. The minimum absolute atomic E-state index is 0.0853. The van der Waals surface area contributed by atoms with E-state index in [2.05, 4.69) is 36.3 Å². The molecular formula is C16H26N2O. The van der Waals surface area contributed by atoms with Gasteiger partial charge in [-0.2, -0.15) is 0 Å². The Hall–Kier alpha value is -1.51. The Labute approximate surface area is 117 Å². The van der Waals surface area contributed by atoms with E-state index in [1.807, 2.05) is 26.0 Å². The van der Waals surface area contributed by atoms with Gasteiger partial charge in [-0.05, 0) is 36.6 Å². The number of carbonyl (C=O) groups excluding carboxylic acids is 1. The number of carbonyl (C=O) groups is 1. The highest BCUT2D eigenvalue weighted by Crippen LogP contribution is 2.17. The molecule has 3 nitrogen and oxygen atoms in total. The number of nitrogens with zero attached hydrogens (tertiary/aromatic N) is 1. The SMILES string of the molecule is CCCCN(C)c1ccc(NC(=O)CC(C)C)cc1. The minimum Gasteiger partial charge on any atom is -0.375 e. The van der Waals surface area contributed by atoms with Crippen molar-refractivity contribution in [1.82, 2.24) is 0 Å². The van der Waals surface area contributed by atoms with Gasteiger partial charge in [-0.1, -0.05) is 27.2 Å². The van der Waals surface area contributed by atoms with Crippen molar-refractivity contribution >= 4 is 17.3 Å². The van der Waals surface area contributed by atoms with E-state index in [1.54, 1.807) is 0 Å². The molecule has 0 aliphatic heterocycles. The highest BCUT2D eigenvalue weighted by molar-refractivity contribution is 5.90. The van der Waals surface area contributed by atoms with Crippen LogP contribution >= 0.6 is 0 Å². The van der Waals surface area contributed by atoms with E-state index < -0.39 is 0 Å². The van der Waals surface area contributed by atoms with Crippen LogP contribution in [0.15, 0.2) is 24.3 Å². The number of nitrogens with one attached hydrogen (secondary N) is 1. The largest absolute Gasteiger partial charge is 0.375 e. The number of hydrogen-bond acceptors (Lipinski definition) is 2. The van der Waals surface area contributed by atoms with E-state index in [-0.39, 0.29) is 5.91 Å². The lowest BCUT2D eigenvalue weighted by Gasteiger charge is -2.19. The van der Waals surface area contributed by atoms with Gasteiger partial charge in [0.05, 0.1) is 0 Å². The Balaban J connectivity index is 2.53. The predicted molar refractivity (Wildman–Crippen MR) is 82.7 cm³/mol. The van der Waals surface area contributed by atoms with Gasteiger partial charge in [0.15, 0.2) is 0 Å². The predicted octanol–water partition coefficient (Wildman–Crippen LogP) is 3.91. The topological polar surface area (TPSA) is 32.3 Å². The standard InChI is InChI=1S/C16H26N2O/c1-5-6-11-18(4)15-9-7-14(8-10-15)17-16(19)12-13(2)3/h7-10,13H,5-6,11-12H2,1-4H3,(H,17,19). The van der Waals surface area contributed by atoms with Gasteiger partial charge in [-0.3, -0.25) is 4.79 Å². The summed E-state index contributed by atoms with van der Waals surface area (Å²) in [6.07, 6.45) is 2.97. The van der Waals surface area contributed by atoms with Crippen LogP contribution in [-0.2, 0) is 4.79 Å². The molecule has 0 heterocycles. The van der Waals surface area contributed by atoms with Crippen molar-refractivity contribution in [1.29, 1.82) is 0 Å². The van der Waals surface area contributed by atoms with Gasteiger partial charge < -0.3 is 10.2 Å². The van der Waals surface area contributed by atoms with Crippen molar-refractivity contribution in [2.24, 2.45) is 5.92 Å². The van der Waals surface area contributed by atoms with Crippen LogP contribution in [0, 0.1) is 5.92 Å². The molecule has 106 valence electrons. The van der Waals surface area contributed by atoms with Crippen LogP contribution in [0.4, 0.5) is 11.4 Å². The second-order valence-corrected chi connectivity index (χ2v) is 5.47. The number of amides is 1. The summed E-state index contributed by atoms with van der Waals surface area (Å²) in [7, 11) is 2.10. The third-order valence-electron chi connectivity index (χ3n) is 3.03. The van der Waals surface area contributed by atoms with E-state index in [9.17, 15) is 4.79 Å².